The first-order chi connectivity index (χ1) is 16.5. The smallest absolute Gasteiger partial charge is 0.295 e. The number of aromatic amines is 1. The Balaban J connectivity index is 1.37. The van der Waals surface area contributed by atoms with E-state index in [-0.39, 0.29) is 47.8 Å². The molecule has 1 N–H and O–H groups in total. The number of nitrogens with one attached hydrogen (secondary N) is 1. The lowest BCUT2D eigenvalue weighted by atomic mass is 10.0. The van der Waals surface area contributed by atoms with Gasteiger partial charge in [0.25, 0.3) is 17.6 Å². The summed E-state index contributed by atoms with van der Waals surface area (Å²) < 4.78 is 19.5. The molecule has 3 aromatic heterocycles. The number of ketones is 1. The van der Waals surface area contributed by atoms with Crippen LogP contribution in [-0.2, 0) is 4.79 Å². The van der Waals surface area contributed by atoms with E-state index < -0.39 is 23.5 Å². The van der Waals surface area contributed by atoms with E-state index >= 15 is 0 Å². The van der Waals surface area contributed by atoms with Crippen molar-refractivity contribution in [2.75, 3.05) is 19.6 Å². The Hall–Kier alpha value is -4.41. The Morgan fingerprint density at radius 3 is 2.71 bits per heavy atom. The zero-order valence-electron chi connectivity index (χ0n) is 18.1. The summed E-state index contributed by atoms with van der Waals surface area (Å²) in [4.78, 5) is 52.8. The van der Waals surface area contributed by atoms with Gasteiger partial charge in [0.05, 0.1) is 11.1 Å². The fraction of sp³-hybridized carbons (Fsp3) is 0.217. The molecule has 5 rings (SSSR count). The lowest BCUT2D eigenvalue weighted by Gasteiger charge is -2.39. The maximum absolute atomic E-state index is 14.7. The highest BCUT2D eigenvalue weighted by Gasteiger charge is 2.35. The molecule has 0 spiro atoms. The predicted octanol–water partition coefficient (Wildman–Crippen LogP) is 2.31. The first kappa shape index (κ1) is 21.4. The second-order valence-corrected chi connectivity index (χ2v) is 7.94. The highest BCUT2D eigenvalue weighted by molar-refractivity contribution is 6.45. The lowest BCUT2D eigenvalue weighted by Crippen LogP contribution is -2.56. The van der Waals surface area contributed by atoms with E-state index in [0.717, 1.165) is 6.39 Å². The number of carbonyl (C=O) groups is 3. The van der Waals surface area contributed by atoms with Gasteiger partial charge in [-0.25, -0.2) is 4.39 Å². The van der Waals surface area contributed by atoms with Crippen molar-refractivity contribution >= 4 is 28.5 Å². The Bertz CT molecular complexity index is 1390. The molecule has 0 saturated carbocycles. The fourth-order valence-corrected chi connectivity index (χ4v) is 4.20. The molecule has 0 aliphatic carbocycles. The minimum atomic E-state index is -0.841. The maximum Gasteiger partial charge on any atom is 0.295 e. The molecule has 4 heterocycles. The first-order valence-electron chi connectivity index (χ1n) is 10.6. The molecule has 2 amide bonds. The largest absolute Gasteiger partial charge is 0.360 e. The van der Waals surface area contributed by atoms with E-state index in [0.29, 0.717) is 11.3 Å². The summed E-state index contributed by atoms with van der Waals surface area (Å²) in [5.41, 5.74) is 0.960. The molecular weight excluding hydrogens is 443 g/mol. The molecule has 34 heavy (non-hydrogen) atoms. The topological polar surface area (TPSA) is 125 Å². The molecule has 1 fully saturated rings. The van der Waals surface area contributed by atoms with Gasteiger partial charge in [-0.15, -0.1) is 0 Å². The van der Waals surface area contributed by atoms with Gasteiger partial charge in [-0.3, -0.25) is 19.4 Å². The SMILES string of the molecule is C[C@@H]1CN(C(=O)c2ccccn2)CCN1C(=O)C(=O)c1c[nH]c2c(-c3ncon3)ccc(F)c12. The van der Waals surface area contributed by atoms with Crippen molar-refractivity contribution in [3.8, 4) is 11.4 Å². The van der Waals surface area contributed by atoms with Crippen LogP contribution in [0.1, 0.15) is 27.8 Å². The van der Waals surface area contributed by atoms with E-state index in [4.69, 9.17) is 4.52 Å². The number of rotatable bonds is 4. The van der Waals surface area contributed by atoms with Crippen LogP contribution in [0.3, 0.4) is 0 Å². The van der Waals surface area contributed by atoms with E-state index in [2.05, 4.69) is 20.1 Å². The minimum absolute atomic E-state index is 0.0164. The monoisotopic (exact) mass is 462 g/mol. The normalized spacial score (nSPS) is 16.1. The van der Waals surface area contributed by atoms with Gasteiger partial charge in [0.1, 0.15) is 11.5 Å². The summed E-state index contributed by atoms with van der Waals surface area (Å²) >= 11 is 0. The molecule has 4 aromatic rings. The number of piperazine rings is 1. The van der Waals surface area contributed by atoms with Crippen LogP contribution >= 0.6 is 0 Å². The second-order valence-electron chi connectivity index (χ2n) is 7.94. The molecule has 0 bridgehead atoms. The van der Waals surface area contributed by atoms with Crippen molar-refractivity contribution < 1.29 is 23.3 Å². The number of carbonyl (C=O) groups excluding carboxylic acids is 3. The van der Waals surface area contributed by atoms with Crippen LogP contribution in [0.4, 0.5) is 4.39 Å². The molecule has 1 aliphatic rings. The number of amides is 2. The number of fused-ring (bicyclic) bond motifs is 1. The number of aromatic nitrogens is 4. The standard InChI is InChI=1S/C23H19FN6O4/c1-13-11-29(22(32)17-4-2-3-7-25-17)8-9-30(13)23(33)20(31)15-10-26-19-14(21-27-12-34-28-21)5-6-16(24)18(15)19/h2-7,10,12-13,26H,8-9,11H2,1H3/t13-/m1/s1. The van der Waals surface area contributed by atoms with Crippen LogP contribution in [0, 0.1) is 5.82 Å². The molecule has 172 valence electrons. The zero-order valence-corrected chi connectivity index (χ0v) is 18.1. The van der Waals surface area contributed by atoms with Crippen LogP contribution in [0.25, 0.3) is 22.3 Å². The molecule has 1 atom stereocenters. The third kappa shape index (κ3) is 3.60. The van der Waals surface area contributed by atoms with Gasteiger partial charge < -0.3 is 19.3 Å². The Morgan fingerprint density at radius 2 is 2.00 bits per heavy atom. The molecule has 11 heteroatoms. The van der Waals surface area contributed by atoms with Gasteiger partial charge in [-0.05, 0) is 31.2 Å². The summed E-state index contributed by atoms with van der Waals surface area (Å²) in [6, 6.07) is 7.32. The van der Waals surface area contributed by atoms with Crippen LogP contribution in [0.2, 0.25) is 0 Å². The summed E-state index contributed by atoms with van der Waals surface area (Å²) in [6.45, 7) is 2.43. The second kappa shape index (κ2) is 8.50. The van der Waals surface area contributed by atoms with Gasteiger partial charge in [-0.2, -0.15) is 4.98 Å². The number of halogens is 1. The van der Waals surface area contributed by atoms with E-state index in [1.807, 2.05) is 0 Å². The van der Waals surface area contributed by atoms with Gasteiger partial charge in [0.15, 0.2) is 0 Å². The molecule has 1 saturated heterocycles. The zero-order chi connectivity index (χ0) is 23.8. The molecule has 0 radical (unpaired) electrons. The number of Topliss-reactive ketones (excluding diaryl/α,β-unsaturated/α-hetero) is 1. The Labute approximate surface area is 192 Å². The predicted molar refractivity (Wildman–Crippen MR) is 117 cm³/mol. The summed E-state index contributed by atoms with van der Waals surface area (Å²) in [5.74, 6) is -2.27. The summed E-state index contributed by atoms with van der Waals surface area (Å²) in [5, 5.41) is 3.74. The number of pyridine rings is 1. The van der Waals surface area contributed by atoms with Crippen molar-refractivity contribution in [2.24, 2.45) is 0 Å². The van der Waals surface area contributed by atoms with Crippen LogP contribution < -0.4 is 0 Å². The van der Waals surface area contributed by atoms with Crippen molar-refractivity contribution in [1.29, 1.82) is 0 Å². The third-order valence-corrected chi connectivity index (χ3v) is 5.89. The van der Waals surface area contributed by atoms with Crippen molar-refractivity contribution in [1.82, 2.24) is 29.9 Å². The number of nitrogens with zero attached hydrogens (tertiary/aromatic N) is 5. The summed E-state index contributed by atoms with van der Waals surface area (Å²) in [7, 11) is 0. The van der Waals surface area contributed by atoms with Crippen molar-refractivity contribution in [3.63, 3.8) is 0 Å². The van der Waals surface area contributed by atoms with E-state index in [9.17, 15) is 18.8 Å². The van der Waals surface area contributed by atoms with Gasteiger partial charge in [0, 0.05) is 49.0 Å². The number of hydrogen-bond donors (Lipinski definition) is 1. The van der Waals surface area contributed by atoms with Gasteiger partial charge >= 0.3 is 0 Å². The Kier molecular flexibility index (Phi) is 5.36. The van der Waals surface area contributed by atoms with Gasteiger partial charge in [-0.1, -0.05) is 11.2 Å². The molecular formula is C23H19FN6O4. The Morgan fingerprint density at radius 1 is 1.15 bits per heavy atom. The molecule has 1 aliphatic heterocycles. The molecule has 0 unspecified atom stereocenters. The average Bonchev–Trinajstić information content (AvgIpc) is 3.55. The minimum Gasteiger partial charge on any atom is -0.360 e. The van der Waals surface area contributed by atoms with Gasteiger partial charge in [0.2, 0.25) is 12.2 Å². The van der Waals surface area contributed by atoms with E-state index in [1.54, 1.807) is 36.2 Å². The van der Waals surface area contributed by atoms with Crippen LogP contribution in [0.15, 0.2) is 53.6 Å². The van der Waals surface area contributed by atoms with Crippen LogP contribution in [0.5, 0.6) is 0 Å². The maximum atomic E-state index is 14.7. The third-order valence-electron chi connectivity index (χ3n) is 5.89. The summed E-state index contributed by atoms with van der Waals surface area (Å²) in [6.07, 6.45) is 3.99. The lowest BCUT2D eigenvalue weighted by molar-refractivity contribution is -0.130. The highest BCUT2D eigenvalue weighted by Crippen LogP contribution is 2.30. The van der Waals surface area contributed by atoms with Crippen molar-refractivity contribution in [2.45, 2.75) is 13.0 Å². The number of benzene rings is 1. The highest BCUT2D eigenvalue weighted by atomic mass is 19.1. The molecule has 1 aromatic carbocycles. The van der Waals surface area contributed by atoms with Crippen molar-refractivity contribution in [3.05, 3.63) is 66.2 Å². The fourth-order valence-electron chi connectivity index (χ4n) is 4.20. The van der Waals surface area contributed by atoms with Crippen LogP contribution in [-0.4, -0.2) is 73.2 Å². The number of hydrogen-bond acceptors (Lipinski definition) is 7. The molecule has 10 nitrogen and oxygen atoms in total. The number of H-pyrrole nitrogens is 1. The quantitative estimate of drug-likeness (QED) is 0.364. The first-order valence-corrected chi connectivity index (χ1v) is 10.6. The average molecular weight is 462 g/mol. The van der Waals surface area contributed by atoms with E-state index in [1.165, 1.54) is 23.2 Å².